The predicted octanol–water partition coefficient (Wildman–Crippen LogP) is 3.53. The molecule has 1 aliphatic rings. The number of ether oxygens (including phenoxy) is 1. The third kappa shape index (κ3) is 3.05. The maximum absolute atomic E-state index is 5.93. The second kappa shape index (κ2) is 6.22. The van der Waals surface area contributed by atoms with Crippen LogP contribution in [0.3, 0.4) is 0 Å². The van der Waals surface area contributed by atoms with E-state index in [4.69, 9.17) is 10.5 Å². The number of benzene rings is 1. The average Bonchev–Trinajstić information content (AvgIpc) is 2.43. The normalized spacial score (nSPS) is 14.9. The van der Waals surface area contributed by atoms with Gasteiger partial charge in [0.05, 0.1) is 5.69 Å². The molecule has 1 aliphatic carbocycles. The van der Waals surface area contributed by atoms with Crippen LogP contribution in [-0.2, 0) is 11.3 Å². The maximum Gasteiger partial charge on any atom is 0.157 e. The molecule has 4 heteroatoms. The number of aromatic nitrogens is 2. The van der Waals surface area contributed by atoms with Gasteiger partial charge in [-0.1, -0.05) is 30.7 Å². The van der Waals surface area contributed by atoms with Crippen molar-refractivity contribution in [2.24, 2.45) is 0 Å². The van der Waals surface area contributed by atoms with E-state index in [1.807, 2.05) is 13.0 Å². The molecule has 0 unspecified atom stereocenters. The van der Waals surface area contributed by atoms with E-state index in [1.54, 1.807) is 0 Å². The van der Waals surface area contributed by atoms with E-state index in [1.165, 1.54) is 30.4 Å². The minimum atomic E-state index is 0.403. The Balaban J connectivity index is 1.97. The van der Waals surface area contributed by atoms with Crippen molar-refractivity contribution in [3.05, 3.63) is 41.7 Å². The van der Waals surface area contributed by atoms with Gasteiger partial charge >= 0.3 is 0 Å². The van der Waals surface area contributed by atoms with Crippen LogP contribution in [0.1, 0.15) is 43.5 Å². The van der Waals surface area contributed by atoms with Crippen LogP contribution >= 0.6 is 0 Å². The van der Waals surface area contributed by atoms with Crippen LogP contribution in [0.25, 0.3) is 11.3 Å². The average molecular weight is 283 g/mol. The summed E-state index contributed by atoms with van der Waals surface area (Å²) in [7, 11) is 0. The third-order valence-corrected chi connectivity index (χ3v) is 4.01. The lowest BCUT2D eigenvalue weighted by Gasteiger charge is -2.27. The third-order valence-electron chi connectivity index (χ3n) is 4.01. The Hall–Kier alpha value is -1.94. The molecule has 0 atom stereocenters. The molecule has 0 aliphatic heterocycles. The van der Waals surface area contributed by atoms with E-state index in [9.17, 15) is 0 Å². The van der Waals surface area contributed by atoms with Crippen LogP contribution in [0.2, 0.25) is 0 Å². The van der Waals surface area contributed by atoms with Crippen molar-refractivity contribution < 1.29 is 4.74 Å². The molecule has 1 saturated carbocycles. The SMILES string of the molecule is CCOCc1nc(N)cc(-c2ccccc2C2CCC2)n1. The second-order valence-electron chi connectivity index (χ2n) is 5.45. The first-order valence-corrected chi connectivity index (χ1v) is 7.58. The number of hydrogen-bond donors (Lipinski definition) is 1. The second-order valence-corrected chi connectivity index (χ2v) is 5.45. The first-order valence-electron chi connectivity index (χ1n) is 7.58. The highest BCUT2D eigenvalue weighted by molar-refractivity contribution is 5.66. The summed E-state index contributed by atoms with van der Waals surface area (Å²) in [6.45, 7) is 3.01. The Morgan fingerprint density at radius 1 is 1.24 bits per heavy atom. The standard InChI is InChI=1S/C17H21N3O/c1-2-21-11-17-19-15(10-16(18)20-17)14-9-4-3-8-13(14)12-6-5-7-12/h3-4,8-10,12H,2,5-7,11H2,1H3,(H2,18,19,20). The number of nitrogens with two attached hydrogens (primary N) is 1. The minimum absolute atomic E-state index is 0.403. The Morgan fingerprint density at radius 3 is 2.76 bits per heavy atom. The summed E-state index contributed by atoms with van der Waals surface area (Å²) in [4.78, 5) is 8.87. The summed E-state index contributed by atoms with van der Waals surface area (Å²) in [5.74, 6) is 1.81. The van der Waals surface area contributed by atoms with E-state index in [2.05, 4.69) is 34.2 Å². The van der Waals surface area contributed by atoms with Crippen molar-refractivity contribution >= 4 is 5.82 Å². The van der Waals surface area contributed by atoms with Gasteiger partial charge in [-0.15, -0.1) is 0 Å². The van der Waals surface area contributed by atoms with E-state index < -0.39 is 0 Å². The van der Waals surface area contributed by atoms with Gasteiger partial charge in [0.2, 0.25) is 0 Å². The minimum Gasteiger partial charge on any atom is -0.384 e. The molecule has 110 valence electrons. The monoisotopic (exact) mass is 283 g/mol. The van der Waals surface area contributed by atoms with Crippen molar-refractivity contribution in [3.8, 4) is 11.3 Å². The smallest absolute Gasteiger partial charge is 0.157 e. The van der Waals surface area contributed by atoms with Gasteiger partial charge in [0.1, 0.15) is 12.4 Å². The van der Waals surface area contributed by atoms with Crippen molar-refractivity contribution in [1.29, 1.82) is 0 Å². The lowest BCUT2D eigenvalue weighted by Crippen LogP contribution is -2.11. The van der Waals surface area contributed by atoms with Gasteiger partial charge in [-0.25, -0.2) is 9.97 Å². The molecule has 21 heavy (non-hydrogen) atoms. The van der Waals surface area contributed by atoms with Crippen LogP contribution in [0.15, 0.2) is 30.3 Å². The van der Waals surface area contributed by atoms with Crippen LogP contribution in [0.4, 0.5) is 5.82 Å². The molecule has 1 aromatic carbocycles. The molecule has 2 N–H and O–H groups in total. The fourth-order valence-electron chi connectivity index (χ4n) is 2.72. The maximum atomic E-state index is 5.93. The van der Waals surface area contributed by atoms with Gasteiger partial charge in [-0.3, -0.25) is 0 Å². The van der Waals surface area contributed by atoms with Crippen molar-refractivity contribution in [2.45, 2.75) is 38.7 Å². The molecule has 0 amide bonds. The summed E-state index contributed by atoms with van der Waals surface area (Å²) < 4.78 is 5.39. The van der Waals surface area contributed by atoms with Crippen LogP contribution in [0, 0.1) is 0 Å². The molecule has 0 saturated heterocycles. The Morgan fingerprint density at radius 2 is 2.05 bits per heavy atom. The fourth-order valence-corrected chi connectivity index (χ4v) is 2.72. The molecule has 3 rings (SSSR count). The molecule has 0 bridgehead atoms. The van der Waals surface area contributed by atoms with Crippen LogP contribution in [0.5, 0.6) is 0 Å². The molecule has 1 aromatic heterocycles. The number of rotatable bonds is 5. The van der Waals surface area contributed by atoms with Crippen LogP contribution < -0.4 is 5.73 Å². The quantitative estimate of drug-likeness (QED) is 0.912. The summed E-state index contributed by atoms with van der Waals surface area (Å²) in [5, 5.41) is 0. The zero-order valence-corrected chi connectivity index (χ0v) is 12.4. The number of hydrogen-bond acceptors (Lipinski definition) is 4. The fraction of sp³-hybridized carbons (Fsp3) is 0.412. The van der Waals surface area contributed by atoms with Crippen molar-refractivity contribution in [2.75, 3.05) is 12.3 Å². The van der Waals surface area contributed by atoms with Crippen molar-refractivity contribution in [3.63, 3.8) is 0 Å². The van der Waals surface area contributed by atoms with Crippen LogP contribution in [-0.4, -0.2) is 16.6 Å². The predicted molar refractivity (Wildman–Crippen MR) is 83.8 cm³/mol. The van der Waals surface area contributed by atoms with Gasteiger partial charge in [-0.2, -0.15) is 0 Å². The van der Waals surface area contributed by atoms with E-state index in [0.29, 0.717) is 30.8 Å². The highest BCUT2D eigenvalue weighted by Gasteiger charge is 2.22. The van der Waals surface area contributed by atoms with E-state index in [0.717, 1.165) is 5.69 Å². The van der Waals surface area contributed by atoms with Crippen molar-refractivity contribution in [1.82, 2.24) is 9.97 Å². The zero-order valence-electron chi connectivity index (χ0n) is 12.4. The molecular formula is C17H21N3O. The first-order chi connectivity index (χ1) is 10.3. The summed E-state index contributed by atoms with van der Waals surface area (Å²) in [5.41, 5.74) is 9.39. The molecule has 2 aromatic rings. The van der Waals surface area contributed by atoms with Gasteiger partial charge < -0.3 is 10.5 Å². The first kappa shape index (κ1) is 14.0. The topological polar surface area (TPSA) is 61.0 Å². The lowest BCUT2D eigenvalue weighted by molar-refractivity contribution is 0.128. The zero-order chi connectivity index (χ0) is 14.7. The molecule has 4 nitrogen and oxygen atoms in total. The van der Waals surface area contributed by atoms with E-state index >= 15 is 0 Å². The lowest BCUT2D eigenvalue weighted by atomic mass is 9.78. The molecule has 1 fully saturated rings. The Bertz CT molecular complexity index is 623. The van der Waals surface area contributed by atoms with E-state index in [-0.39, 0.29) is 0 Å². The summed E-state index contributed by atoms with van der Waals surface area (Å²) >= 11 is 0. The number of anilines is 1. The molecule has 0 spiro atoms. The number of nitrogens with zero attached hydrogens (tertiary/aromatic N) is 2. The highest BCUT2D eigenvalue weighted by Crippen LogP contribution is 2.40. The summed E-state index contributed by atoms with van der Waals surface area (Å²) in [6.07, 6.45) is 3.85. The molecule has 1 heterocycles. The molecule has 0 radical (unpaired) electrons. The Kier molecular flexibility index (Phi) is 4.15. The van der Waals surface area contributed by atoms with Gasteiger partial charge in [0.25, 0.3) is 0 Å². The molecular weight excluding hydrogens is 262 g/mol. The highest BCUT2D eigenvalue weighted by atomic mass is 16.5. The van der Waals surface area contributed by atoms with Gasteiger partial charge in [0.15, 0.2) is 5.82 Å². The Labute approximate surface area is 125 Å². The van der Waals surface area contributed by atoms with Gasteiger partial charge in [0, 0.05) is 18.2 Å². The largest absolute Gasteiger partial charge is 0.384 e. The number of nitrogen functional groups attached to an aromatic ring is 1. The summed E-state index contributed by atoms with van der Waals surface area (Å²) in [6, 6.07) is 10.3. The van der Waals surface area contributed by atoms with Gasteiger partial charge in [-0.05, 0) is 31.2 Å².